The Morgan fingerprint density at radius 2 is 1.68 bits per heavy atom. The molecule has 1 aromatic rings. The van der Waals surface area contributed by atoms with Gasteiger partial charge in [0.25, 0.3) is 0 Å². The van der Waals surface area contributed by atoms with E-state index in [1.807, 2.05) is 0 Å². The van der Waals surface area contributed by atoms with Crippen LogP contribution in [0.25, 0.3) is 0 Å². The zero-order chi connectivity index (χ0) is 17.7. The number of benzene rings is 1. The van der Waals surface area contributed by atoms with E-state index in [2.05, 4.69) is 9.80 Å². The topological polar surface area (TPSA) is 24.9 Å². The first-order valence-electron chi connectivity index (χ1n) is 8.81. The molecule has 1 atom stereocenters. The van der Waals surface area contributed by atoms with E-state index < -0.39 is 11.7 Å². The molecule has 0 aromatic heterocycles. The van der Waals surface area contributed by atoms with E-state index >= 15 is 0 Å². The van der Waals surface area contributed by atoms with Crippen molar-refractivity contribution in [2.45, 2.75) is 25.2 Å². The van der Waals surface area contributed by atoms with E-state index in [1.54, 1.807) is 12.1 Å². The molecule has 140 valence electrons. The quantitative estimate of drug-likeness (QED) is 0.826. The molecule has 25 heavy (non-hydrogen) atoms. The highest BCUT2D eigenvalue weighted by atomic mass is 19.4. The molecule has 0 radical (unpaired) electrons. The lowest BCUT2D eigenvalue weighted by Gasteiger charge is -2.31. The van der Waals surface area contributed by atoms with Crippen LogP contribution in [-0.4, -0.2) is 68.4 Å². The molecule has 0 aliphatic carbocycles. The third-order valence-corrected chi connectivity index (χ3v) is 4.69. The lowest BCUT2D eigenvalue weighted by molar-refractivity contribution is -0.137. The van der Waals surface area contributed by atoms with Gasteiger partial charge in [-0.15, -0.1) is 0 Å². The minimum absolute atomic E-state index is 0.134. The molecule has 2 heterocycles. The Hall–Kier alpha value is -1.15. The lowest BCUT2D eigenvalue weighted by atomic mass is 10.1. The van der Waals surface area contributed by atoms with Gasteiger partial charge in [-0.2, -0.15) is 13.2 Å². The fourth-order valence-corrected chi connectivity index (χ4v) is 3.35. The summed E-state index contributed by atoms with van der Waals surface area (Å²) in [5, 5.41) is 0. The molecule has 0 N–H and O–H groups in total. The van der Waals surface area contributed by atoms with E-state index in [-0.39, 0.29) is 6.10 Å². The van der Waals surface area contributed by atoms with E-state index in [0.717, 1.165) is 76.7 Å². The number of morpholine rings is 1. The first-order chi connectivity index (χ1) is 12.0. The van der Waals surface area contributed by atoms with E-state index in [0.29, 0.717) is 6.54 Å². The number of nitrogens with zero attached hydrogens (tertiary/aromatic N) is 2. The third-order valence-electron chi connectivity index (χ3n) is 4.69. The summed E-state index contributed by atoms with van der Waals surface area (Å²) >= 11 is 0. The van der Waals surface area contributed by atoms with Gasteiger partial charge in [-0.1, -0.05) is 12.1 Å². The number of hydrogen-bond donors (Lipinski definition) is 0. The van der Waals surface area contributed by atoms with Gasteiger partial charge < -0.3 is 9.47 Å². The van der Waals surface area contributed by atoms with Gasteiger partial charge >= 0.3 is 6.18 Å². The Balaban J connectivity index is 1.55. The summed E-state index contributed by atoms with van der Waals surface area (Å²) in [5.74, 6) is 0. The number of ether oxygens (including phenoxy) is 2. The zero-order valence-electron chi connectivity index (χ0n) is 14.3. The maximum Gasteiger partial charge on any atom is 0.416 e. The van der Waals surface area contributed by atoms with Gasteiger partial charge in [0.1, 0.15) is 0 Å². The van der Waals surface area contributed by atoms with Crippen LogP contribution >= 0.6 is 0 Å². The van der Waals surface area contributed by atoms with E-state index in [1.165, 1.54) is 0 Å². The molecule has 2 saturated heterocycles. The average Bonchev–Trinajstić information content (AvgIpc) is 2.80. The Morgan fingerprint density at radius 1 is 0.960 bits per heavy atom. The van der Waals surface area contributed by atoms with Crippen LogP contribution in [0.2, 0.25) is 0 Å². The lowest BCUT2D eigenvalue weighted by Crippen LogP contribution is -2.44. The fourth-order valence-electron chi connectivity index (χ4n) is 3.35. The van der Waals surface area contributed by atoms with Crippen LogP contribution < -0.4 is 0 Å². The summed E-state index contributed by atoms with van der Waals surface area (Å²) in [5.41, 5.74) is 0.306. The zero-order valence-corrected chi connectivity index (χ0v) is 14.3. The summed E-state index contributed by atoms with van der Waals surface area (Å²) in [7, 11) is 0. The Kier molecular flexibility index (Phi) is 6.33. The van der Waals surface area contributed by atoms with Crippen LogP contribution in [0, 0.1) is 0 Å². The molecule has 3 rings (SSSR count). The summed E-state index contributed by atoms with van der Waals surface area (Å²) in [4.78, 5) is 4.64. The predicted octanol–water partition coefficient (Wildman–Crippen LogP) is 2.63. The minimum atomic E-state index is -4.28. The summed E-state index contributed by atoms with van der Waals surface area (Å²) < 4.78 is 49.3. The number of hydrogen-bond acceptors (Lipinski definition) is 4. The summed E-state index contributed by atoms with van der Waals surface area (Å²) in [6, 6.07) is 5.47. The fraction of sp³-hybridized carbons (Fsp3) is 0.667. The molecule has 2 fully saturated rings. The van der Waals surface area contributed by atoms with Crippen LogP contribution in [-0.2, 0) is 22.2 Å². The first-order valence-corrected chi connectivity index (χ1v) is 8.81. The van der Waals surface area contributed by atoms with Crippen molar-refractivity contribution >= 4 is 0 Å². The SMILES string of the molecule is FC(F)(F)c1ccc(CN2CCCO[C@H](CN3CCOCC3)C2)cc1. The maximum atomic E-state index is 12.7. The summed E-state index contributed by atoms with van der Waals surface area (Å²) in [6.07, 6.45) is -3.20. The van der Waals surface area contributed by atoms with Crippen molar-refractivity contribution in [1.82, 2.24) is 9.80 Å². The molecule has 0 amide bonds. The minimum Gasteiger partial charge on any atom is -0.379 e. The van der Waals surface area contributed by atoms with Crippen molar-refractivity contribution < 1.29 is 22.6 Å². The second kappa shape index (κ2) is 8.49. The van der Waals surface area contributed by atoms with Crippen LogP contribution in [0.3, 0.4) is 0 Å². The summed E-state index contributed by atoms with van der Waals surface area (Å²) in [6.45, 7) is 7.37. The number of rotatable bonds is 4. The number of alkyl halides is 3. The third kappa shape index (κ3) is 5.67. The highest BCUT2D eigenvalue weighted by Crippen LogP contribution is 2.29. The highest BCUT2D eigenvalue weighted by Gasteiger charge is 2.30. The molecular formula is C18H25F3N2O2. The molecule has 7 heteroatoms. The van der Waals surface area contributed by atoms with Crippen molar-refractivity contribution in [2.24, 2.45) is 0 Å². The highest BCUT2D eigenvalue weighted by molar-refractivity contribution is 5.24. The van der Waals surface area contributed by atoms with Gasteiger partial charge in [-0.3, -0.25) is 9.80 Å². The first kappa shape index (κ1) is 18.6. The van der Waals surface area contributed by atoms with Crippen molar-refractivity contribution in [3.8, 4) is 0 Å². The van der Waals surface area contributed by atoms with Crippen molar-refractivity contribution in [1.29, 1.82) is 0 Å². The molecule has 2 aliphatic rings. The largest absolute Gasteiger partial charge is 0.416 e. The smallest absolute Gasteiger partial charge is 0.379 e. The molecule has 2 aliphatic heterocycles. The van der Waals surface area contributed by atoms with Gasteiger partial charge in [0.2, 0.25) is 0 Å². The normalized spacial score (nSPS) is 24.2. The van der Waals surface area contributed by atoms with Crippen molar-refractivity contribution in [3.05, 3.63) is 35.4 Å². The molecule has 0 bridgehead atoms. The molecule has 0 saturated carbocycles. The second-order valence-corrected chi connectivity index (χ2v) is 6.69. The van der Waals surface area contributed by atoms with Gasteiger partial charge in [-0.05, 0) is 24.1 Å². The van der Waals surface area contributed by atoms with Gasteiger partial charge in [0.05, 0.1) is 24.9 Å². The standard InChI is InChI=1S/C18H25F3N2O2/c19-18(20,21)16-4-2-15(3-5-16)12-23-6-1-9-25-17(14-23)13-22-7-10-24-11-8-22/h2-5,17H,1,6-14H2/t17-/m1/s1. The van der Waals surface area contributed by atoms with Gasteiger partial charge in [-0.25, -0.2) is 0 Å². The average molecular weight is 358 g/mol. The van der Waals surface area contributed by atoms with Gasteiger partial charge in [0, 0.05) is 45.9 Å². The van der Waals surface area contributed by atoms with Crippen LogP contribution in [0.4, 0.5) is 13.2 Å². The van der Waals surface area contributed by atoms with Crippen LogP contribution in [0.15, 0.2) is 24.3 Å². The maximum absolute atomic E-state index is 12.7. The Labute approximate surface area is 146 Å². The van der Waals surface area contributed by atoms with Crippen LogP contribution in [0.5, 0.6) is 0 Å². The monoisotopic (exact) mass is 358 g/mol. The molecule has 0 unspecified atom stereocenters. The molecular weight excluding hydrogens is 333 g/mol. The van der Waals surface area contributed by atoms with E-state index in [4.69, 9.17) is 9.47 Å². The Morgan fingerprint density at radius 3 is 2.36 bits per heavy atom. The second-order valence-electron chi connectivity index (χ2n) is 6.69. The van der Waals surface area contributed by atoms with Gasteiger partial charge in [0.15, 0.2) is 0 Å². The number of halogens is 3. The van der Waals surface area contributed by atoms with Crippen molar-refractivity contribution in [2.75, 3.05) is 52.5 Å². The van der Waals surface area contributed by atoms with Crippen LogP contribution in [0.1, 0.15) is 17.5 Å². The van der Waals surface area contributed by atoms with Crippen molar-refractivity contribution in [3.63, 3.8) is 0 Å². The van der Waals surface area contributed by atoms with E-state index in [9.17, 15) is 13.2 Å². The Bertz CT molecular complexity index is 530. The molecule has 1 aromatic carbocycles. The molecule has 0 spiro atoms. The molecule has 4 nitrogen and oxygen atoms in total. The predicted molar refractivity (Wildman–Crippen MR) is 88.3 cm³/mol.